The maximum atomic E-state index is 12.5. The number of nitrogens with zero attached hydrogens (tertiary/aromatic N) is 3. The zero-order valence-electron chi connectivity index (χ0n) is 11.7. The highest BCUT2D eigenvalue weighted by Crippen LogP contribution is 2.35. The molecular formula is C15H8F3N3OS. The molecule has 116 valence electrons. The van der Waals surface area contributed by atoms with Crippen molar-refractivity contribution in [1.82, 2.24) is 9.97 Å². The Labute approximate surface area is 132 Å². The van der Waals surface area contributed by atoms with Crippen molar-refractivity contribution in [2.75, 3.05) is 0 Å². The topological polar surface area (TPSA) is 58.8 Å². The lowest BCUT2D eigenvalue weighted by atomic mass is 10.2. The van der Waals surface area contributed by atoms with Crippen LogP contribution in [0.5, 0.6) is 11.5 Å². The molecule has 0 aliphatic heterocycles. The van der Waals surface area contributed by atoms with E-state index in [0.717, 1.165) is 17.3 Å². The van der Waals surface area contributed by atoms with Crippen molar-refractivity contribution in [2.45, 2.75) is 13.1 Å². The molecule has 0 radical (unpaired) electrons. The third-order valence-corrected chi connectivity index (χ3v) is 3.99. The second-order valence-corrected chi connectivity index (χ2v) is 5.82. The molecule has 2 heterocycles. The summed E-state index contributed by atoms with van der Waals surface area (Å²) in [5.74, 6) is 0.527. The molecule has 8 heteroatoms. The molecule has 3 rings (SSSR count). The van der Waals surface area contributed by atoms with Crippen LogP contribution >= 0.6 is 11.3 Å². The summed E-state index contributed by atoms with van der Waals surface area (Å²) in [6, 6.07) is 7.28. The molecule has 1 aromatic carbocycles. The molecule has 0 spiro atoms. The molecule has 0 N–H and O–H groups in total. The summed E-state index contributed by atoms with van der Waals surface area (Å²) in [6.07, 6.45) is -3.49. The Hall–Kier alpha value is -2.66. The largest absolute Gasteiger partial charge is 0.453 e. The molecule has 0 saturated heterocycles. The summed E-state index contributed by atoms with van der Waals surface area (Å²) < 4.78 is 43.8. The van der Waals surface area contributed by atoms with Crippen LogP contribution in [0.1, 0.15) is 16.3 Å². The van der Waals surface area contributed by atoms with Crippen molar-refractivity contribution >= 4 is 21.6 Å². The summed E-state index contributed by atoms with van der Waals surface area (Å²) in [6.45, 7) is 1.80. The van der Waals surface area contributed by atoms with Crippen molar-refractivity contribution in [3.05, 3.63) is 46.7 Å². The fraction of sp³-hybridized carbons (Fsp3) is 0.133. The molecule has 2 aromatic heterocycles. The van der Waals surface area contributed by atoms with Gasteiger partial charge in [-0.25, -0.2) is 9.97 Å². The van der Waals surface area contributed by atoms with Crippen LogP contribution in [0.15, 0.2) is 30.5 Å². The molecule has 0 aliphatic carbocycles. The number of fused-ring (bicyclic) bond motifs is 1. The molecule has 0 aliphatic rings. The zero-order valence-corrected chi connectivity index (χ0v) is 12.5. The number of rotatable bonds is 2. The molecule has 4 nitrogen and oxygen atoms in total. The molecule has 0 fully saturated rings. The van der Waals surface area contributed by atoms with Gasteiger partial charge in [-0.1, -0.05) is 0 Å². The first kappa shape index (κ1) is 15.2. The lowest BCUT2D eigenvalue weighted by Crippen LogP contribution is -2.07. The van der Waals surface area contributed by atoms with Crippen LogP contribution < -0.4 is 4.74 Å². The molecular weight excluding hydrogens is 327 g/mol. The van der Waals surface area contributed by atoms with Gasteiger partial charge in [-0.2, -0.15) is 18.4 Å². The van der Waals surface area contributed by atoms with Crippen molar-refractivity contribution in [1.29, 1.82) is 5.26 Å². The monoisotopic (exact) mass is 335 g/mol. The maximum absolute atomic E-state index is 12.5. The van der Waals surface area contributed by atoms with Crippen LogP contribution in [0, 0.1) is 18.3 Å². The van der Waals surface area contributed by atoms with Gasteiger partial charge >= 0.3 is 6.18 Å². The minimum absolute atomic E-state index is 0.162. The van der Waals surface area contributed by atoms with Crippen LogP contribution in [0.2, 0.25) is 0 Å². The predicted molar refractivity (Wildman–Crippen MR) is 78.4 cm³/mol. The quantitative estimate of drug-likeness (QED) is 0.682. The zero-order chi connectivity index (χ0) is 16.6. The van der Waals surface area contributed by atoms with Crippen molar-refractivity contribution < 1.29 is 17.9 Å². The minimum Gasteiger partial charge on any atom is -0.453 e. The molecule has 0 atom stereocenters. The van der Waals surface area contributed by atoms with E-state index in [0.29, 0.717) is 21.5 Å². The second-order valence-electron chi connectivity index (χ2n) is 4.61. The van der Waals surface area contributed by atoms with Crippen LogP contribution in [0.25, 0.3) is 10.2 Å². The summed E-state index contributed by atoms with van der Waals surface area (Å²) in [5.41, 5.74) is -0.00531. The number of thiazole rings is 1. The first-order chi connectivity index (χ1) is 10.9. The Morgan fingerprint density at radius 3 is 2.61 bits per heavy atom. The smallest absolute Gasteiger partial charge is 0.433 e. The number of ether oxygens (including phenoxy) is 1. The van der Waals surface area contributed by atoms with Crippen molar-refractivity contribution in [3.63, 3.8) is 0 Å². The van der Waals surface area contributed by atoms with E-state index < -0.39 is 11.9 Å². The average molecular weight is 335 g/mol. The van der Waals surface area contributed by atoms with Crippen molar-refractivity contribution in [2.24, 2.45) is 0 Å². The fourth-order valence-electron chi connectivity index (χ4n) is 2.00. The Balaban J connectivity index is 1.98. The highest BCUT2D eigenvalue weighted by atomic mass is 32.1. The SMILES string of the molecule is Cc1nc2c(Oc3ccc(C(F)(F)F)nc3)ccc(C#N)c2s1. The van der Waals surface area contributed by atoms with Gasteiger partial charge in [0.05, 0.1) is 21.5 Å². The van der Waals surface area contributed by atoms with E-state index in [-0.39, 0.29) is 5.75 Å². The van der Waals surface area contributed by atoms with Crippen molar-refractivity contribution in [3.8, 4) is 17.6 Å². The van der Waals surface area contributed by atoms with Crippen LogP contribution in [0.4, 0.5) is 13.2 Å². The van der Waals surface area contributed by atoms with Gasteiger partial charge in [0, 0.05) is 0 Å². The van der Waals surface area contributed by atoms with E-state index in [1.807, 2.05) is 0 Å². The minimum atomic E-state index is -4.49. The van der Waals surface area contributed by atoms with Gasteiger partial charge in [0.2, 0.25) is 0 Å². The standard InChI is InChI=1S/C15H8F3N3OS/c1-8-21-13-11(4-2-9(6-19)14(13)23-8)22-10-3-5-12(20-7-10)15(16,17)18/h2-5,7H,1H3. The fourth-order valence-corrected chi connectivity index (χ4v) is 2.89. The first-order valence-electron chi connectivity index (χ1n) is 6.40. The number of hydrogen-bond acceptors (Lipinski definition) is 5. The number of aromatic nitrogens is 2. The second kappa shape index (κ2) is 5.52. The Kier molecular flexibility index (Phi) is 3.66. The molecule has 3 aromatic rings. The molecule has 0 saturated carbocycles. The summed E-state index contributed by atoms with van der Waals surface area (Å²) in [7, 11) is 0. The van der Waals surface area contributed by atoms with E-state index in [4.69, 9.17) is 10.00 Å². The van der Waals surface area contributed by atoms with Gasteiger partial charge in [-0.3, -0.25) is 0 Å². The van der Waals surface area contributed by atoms with E-state index in [1.54, 1.807) is 19.1 Å². The maximum Gasteiger partial charge on any atom is 0.433 e. The Bertz CT molecular complexity index is 911. The number of hydrogen-bond donors (Lipinski definition) is 0. The number of benzene rings is 1. The number of pyridine rings is 1. The average Bonchev–Trinajstić information content (AvgIpc) is 2.89. The van der Waals surface area contributed by atoms with Gasteiger partial charge in [-0.05, 0) is 31.2 Å². The lowest BCUT2D eigenvalue weighted by molar-refractivity contribution is -0.141. The molecule has 0 bridgehead atoms. The van der Waals surface area contributed by atoms with Gasteiger partial charge in [0.1, 0.15) is 23.0 Å². The number of halogens is 3. The Morgan fingerprint density at radius 2 is 2.00 bits per heavy atom. The molecule has 0 amide bonds. The molecule has 23 heavy (non-hydrogen) atoms. The van der Waals surface area contributed by atoms with Crippen LogP contribution in [-0.4, -0.2) is 9.97 Å². The van der Waals surface area contributed by atoms with Gasteiger partial charge < -0.3 is 4.74 Å². The van der Waals surface area contributed by atoms with E-state index in [9.17, 15) is 13.2 Å². The van der Waals surface area contributed by atoms with Gasteiger partial charge in [0.15, 0.2) is 5.75 Å². The normalized spacial score (nSPS) is 11.4. The van der Waals surface area contributed by atoms with E-state index >= 15 is 0 Å². The van der Waals surface area contributed by atoms with E-state index in [1.165, 1.54) is 17.4 Å². The van der Waals surface area contributed by atoms with Crippen LogP contribution in [-0.2, 0) is 6.18 Å². The van der Waals surface area contributed by atoms with Crippen LogP contribution in [0.3, 0.4) is 0 Å². The van der Waals surface area contributed by atoms with Gasteiger partial charge in [-0.15, -0.1) is 11.3 Å². The third-order valence-electron chi connectivity index (χ3n) is 2.99. The number of alkyl halides is 3. The van der Waals surface area contributed by atoms with E-state index in [2.05, 4.69) is 16.0 Å². The highest BCUT2D eigenvalue weighted by Gasteiger charge is 2.32. The molecule has 0 unspecified atom stereocenters. The number of nitriles is 1. The predicted octanol–water partition coefficient (Wildman–Crippen LogP) is 4.68. The lowest BCUT2D eigenvalue weighted by Gasteiger charge is -2.08. The summed E-state index contributed by atoms with van der Waals surface area (Å²) in [4.78, 5) is 7.66. The Morgan fingerprint density at radius 1 is 1.22 bits per heavy atom. The number of aryl methyl sites for hydroxylation is 1. The third kappa shape index (κ3) is 2.96. The summed E-state index contributed by atoms with van der Waals surface area (Å²) in [5, 5.41) is 9.87. The first-order valence-corrected chi connectivity index (χ1v) is 7.21. The van der Waals surface area contributed by atoms with Gasteiger partial charge in [0.25, 0.3) is 0 Å². The summed E-state index contributed by atoms with van der Waals surface area (Å²) >= 11 is 1.36. The highest BCUT2D eigenvalue weighted by molar-refractivity contribution is 7.18.